The number of nitrogens with one attached hydrogen (secondary N) is 1. The van der Waals surface area contributed by atoms with Crippen LogP contribution in [0.4, 0.5) is 5.95 Å². The number of aryl methyl sites for hydroxylation is 1. The molecule has 0 unspecified atom stereocenters. The summed E-state index contributed by atoms with van der Waals surface area (Å²) in [5.74, 6) is 0.510. The number of ether oxygens (including phenoxy) is 1. The first-order valence-electron chi connectivity index (χ1n) is 8.05. The normalized spacial score (nSPS) is 14.8. The van der Waals surface area contributed by atoms with E-state index in [2.05, 4.69) is 15.0 Å². The number of aromatic amines is 1. The molecule has 1 saturated heterocycles. The molecule has 1 fully saturated rings. The number of benzene rings is 1. The van der Waals surface area contributed by atoms with Crippen molar-refractivity contribution < 1.29 is 4.74 Å². The number of hydrogen-bond donors (Lipinski definition) is 1. The molecule has 0 amide bonds. The lowest BCUT2D eigenvalue weighted by molar-refractivity contribution is 0.122. The zero-order valence-electron chi connectivity index (χ0n) is 13.7. The van der Waals surface area contributed by atoms with E-state index in [1.54, 1.807) is 10.9 Å². The Morgan fingerprint density at radius 2 is 2.08 bits per heavy atom. The van der Waals surface area contributed by atoms with E-state index in [9.17, 15) is 4.79 Å². The zero-order valence-corrected chi connectivity index (χ0v) is 14.5. The Balaban J connectivity index is 1.86. The molecule has 0 aliphatic carbocycles. The molecule has 8 heteroatoms. The molecule has 0 spiro atoms. The van der Waals surface area contributed by atoms with Crippen LogP contribution in [0.3, 0.4) is 0 Å². The van der Waals surface area contributed by atoms with Crippen LogP contribution in [0, 0.1) is 11.6 Å². The van der Waals surface area contributed by atoms with Crippen LogP contribution in [0.25, 0.3) is 16.7 Å². The van der Waals surface area contributed by atoms with Gasteiger partial charge in [0.2, 0.25) is 5.95 Å². The average Bonchev–Trinajstić information content (AvgIpc) is 2.62. The van der Waals surface area contributed by atoms with Gasteiger partial charge in [0.1, 0.15) is 16.4 Å². The SMILES string of the molecule is Cc1cccc(-n2cnc3nc(N4CCOCC4)[nH]c(=O)c3c2=S)c1. The topological polar surface area (TPSA) is 76.0 Å². The van der Waals surface area contributed by atoms with E-state index < -0.39 is 0 Å². The molecule has 4 rings (SSSR count). The lowest BCUT2D eigenvalue weighted by atomic mass is 10.2. The van der Waals surface area contributed by atoms with Gasteiger partial charge >= 0.3 is 0 Å². The summed E-state index contributed by atoms with van der Waals surface area (Å²) in [7, 11) is 0. The van der Waals surface area contributed by atoms with E-state index in [-0.39, 0.29) is 5.56 Å². The molecule has 0 bridgehead atoms. The van der Waals surface area contributed by atoms with Crippen LogP contribution in [0.5, 0.6) is 0 Å². The molecule has 1 aromatic carbocycles. The number of rotatable bonds is 2. The lowest BCUT2D eigenvalue weighted by Crippen LogP contribution is -2.38. The van der Waals surface area contributed by atoms with Crippen molar-refractivity contribution in [2.75, 3.05) is 31.2 Å². The molecule has 0 atom stereocenters. The molecule has 128 valence electrons. The first-order valence-corrected chi connectivity index (χ1v) is 8.46. The van der Waals surface area contributed by atoms with Crippen LogP contribution in [-0.2, 0) is 4.74 Å². The van der Waals surface area contributed by atoms with Crippen molar-refractivity contribution in [3.05, 3.63) is 51.2 Å². The van der Waals surface area contributed by atoms with Crippen LogP contribution in [-0.4, -0.2) is 45.8 Å². The monoisotopic (exact) mass is 355 g/mol. The fraction of sp³-hybridized carbons (Fsp3) is 0.294. The molecule has 1 aliphatic rings. The molecule has 7 nitrogen and oxygen atoms in total. The van der Waals surface area contributed by atoms with Crippen molar-refractivity contribution >= 4 is 29.2 Å². The highest BCUT2D eigenvalue weighted by atomic mass is 32.1. The van der Waals surface area contributed by atoms with Gasteiger partial charge in [-0.3, -0.25) is 14.3 Å². The fourth-order valence-electron chi connectivity index (χ4n) is 2.91. The number of fused-ring (bicyclic) bond motifs is 1. The number of H-pyrrole nitrogens is 1. The van der Waals surface area contributed by atoms with Gasteiger partial charge in [-0.25, -0.2) is 4.98 Å². The van der Waals surface area contributed by atoms with Gasteiger partial charge in [0.25, 0.3) is 5.56 Å². The van der Waals surface area contributed by atoms with Crippen molar-refractivity contribution in [1.29, 1.82) is 0 Å². The molecule has 1 N–H and O–H groups in total. The molecule has 2 aromatic heterocycles. The number of hydrogen-bond acceptors (Lipinski definition) is 6. The Bertz CT molecular complexity index is 1050. The summed E-state index contributed by atoms with van der Waals surface area (Å²) in [6.07, 6.45) is 1.62. The Kier molecular flexibility index (Phi) is 4.06. The second-order valence-corrected chi connectivity index (χ2v) is 6.33. The van der Waals surface area contributed by atoms with Crippen molar-refractivity contribution in [2.24, 2.45) is 0 Å². The molecule has 25 heavy (non-hydrogen) atoms. The number of aromatic nitrogens is 4. The van der Waals surface area contributed by atoms with Gasteiger partial charge in [-0.1, -0.05) is 24.4 Å². The first-order chi connectivity index (χ1) is 12.1. The van der Waals surface area contributed by atoms with Crippen molar-refractivity contribution in [3.8, 4) is 5.69 Å². The van der Waals surface area contributed by atoms with E-state index in [0.29, 0.717) is 47.9 Å². The zero-order chi connectivity index (χ0) is 17.4. The Morgan fingerprint density at radius 3 is 2.84 bits per heavy atom. The van der Waals surface area contributed by atoms with Gasteiger partial charge in [0.15, 0.2) is 5.65 Å². The fourth-order valence-corrected chi connectivity index (χ4v) is 3.24. The van der Waals surface area contributed by atoms with Gasteiger partial charge in [-0.2, -0.15) is 4.98 Å². The summed E-state index contributed by atoms with van der Waals surface area (Å²) < 4.78 is 7.47. The highest BCUT2D eigenvalue weighted by molar-refractivity contribution is 7.71. The summed E-state index contributed by atoms with van der Waals surface area (Å²) in [5, 5.41) is 0.330. The van der Waals surface area contributed by atoms with Crippen molar-refractivity contribution in [3.63, 3.8) is 0 Å². The predicted molar refractivity (Wildman–Crippen MR) is 98.1 cm³/mol. The molecule has 3 heterocycles. The maximum absolute atomic E-state index is 12.6. The second-order valence-electron chi connectivity index (χ2n) is 5.95. The van der Waals surface area contributed by atoms with Crippen LogP contribution < -0.4 is 10.5 Å². The maximum Gasteiger partial charge on any atom is 0.264 e. The summed E-state index contributed by atoms with van der Waals surface area (Å²) in [5.41, 5.74) is 2.07. The Morgan fingerprint density at radius 1 is 1.28 bits per heavy atom. The average molecular weight is 355 g/mol. The number of anilines is 1. The maximum atomic E-state index is 12.6. The van der Waals surface area contributed by atoms with Crippen LogP contribution in [0.1, 0.15) is 5.56 Å². The van der Waals surface area contributed by atoms with E-state index in [4.69, 9.17) is 17.0 Å². The van der Waals surface area contributed by atoms with Crippen molar-refractivity contribution in [2.45, 2.75) is 6.92 Å². The number of morpholine rings is 1. The van der Waals surface area contributed by atoms with Gasteiger partial charge in [0, 0.05) is 18.8 Å². The lowest BCUT2D eigenvalue weighted by Gasteiger charge is -2.27. The third-order valence-corrected chi connectivity index (χ3v) is 4.61. The van der Waals surface area contributed by atoms with Gasteiger partial charge < -0.3 is 9.64 Å². The minimum absolute atomic E-state index is 0.272. The summed E-state index contributed by atoms with van der Waals surface area (Å²) in [6, 6.07) is 7.87. The predicted octanol–water partition coefficient (Wildman–Crippen LogP) is 1.98. The molecule has 1 aliphatic heterocycles. The summed E-state index contributed by atoms with van der Waals surface area (Å²) >= 11 is 5.54. The Hall–Kier alpha value is -2.58. The highest BCUT2D eigenvalue weighted by Crippen LogP contribution is 2.16. The van der Waals surface area contributed by atoms with Crippen LogP contribution in [0.15, 0.2) is 35.4 Å². The molecule has 0 radical (unpaired) electrons. The van der Waals surface area contributed by atoms with Crippen molar-refractivity contribution in [1.82, 2.24) is 19.5 Å². The van der Waals surface area contributed by atoms with E-state index in [0.717, 1.165) is 11.3 Å². The second kappa shape index (κ2) is 6.38. The minimum Gasteiger partial charge on any atom is -0.378 e. The third-order valence-electron chi connectivity index (χ3n) is 4.21. The third kappa shape index (κ3) is 2.94. The smallest absolute Gasteiger partial charge is 0.264 e. The van der Waals surface area contributed by atoms with E-state index in [1.807, 2.05) is 36.1 Å². The first kappa shape index (κ1) is 15.9. The molecular weight excluding hydrogens is 338 g/mol. The number of nitrogens with zero attached hydrogens (tertiary/aromatic N) is 4. The Labute approximate surface area is 148 Å². The summed E-state index contributed by atoms with van der Waals surface area (Å²) in [4.78, 5) is 26.3. The standard InChI is InChI=1S/C17H17N5O2S/c1-11-3-2-4-12(9-11)22-10-18-14-13(16(22)25)15(23)20-17(19-14)21-5-7-24-8-6-21/h2-4,9-10H,5-8H2,1H3,(H,19,20,23). The van der Waals surface area contributed by atoms with E-state index in [1.165, 1.54) is 0 Å². The van der Waals surface area contributed by atoms with E-state index >= 15 is 0 Å². The van der Waals surface area contributed by atoms with Gasteiger partial charge in [-0.15, -0.1) is 0 Å². The minimum atomic E-state index is -0.272. The highest BCUT2D eigenvalue weighted by Gasteiger charge is 2.16. The molecule has 0 saturated carbocycles. The molecular formula is C17H17N5O2S. The van der Waals surface area contributed by atoms with Gasteiger partial charge in [-0.05, 0) is 24.6 Å². The quantitative estimate of drug-likeness (QED) is 0.709. The van der Waals surface area contributed by atoms with Gasteiger partial charge in [0.05, 0.1) is 13.2 Å². The van der Waals surface area contributed by atoms with Crippen LogP contribution in [0.2, 0.25) is 0 Å². The summed E-state index contributed by atoms with van der Waals surface area (Å²) in [6.45, 7) is 4.61. The molecule has 3 aromatic rings. The largest absolute Gasteiger partial charge is 0.378 e. The van der Waals surface area contributed by atoms with Crippen LogP contribution >= 0.6 is 12.2 Å².